The first kappa shape index (κ1) is 17.8. The molecule has 1 saturated heterocycles. The molecule has 134 valence electrons. The van der Waals surface area contributed by atoms with Crippen molar-refractivity contribution in [2.24, 2.45) is 5.92 Å². The minimum Gasteiger partial charge on any atom is -0.491 e. The summed E-state index contributed by atoms with van der Waals surface area (Å²) in [6.07, 6.45) is 1.40. The smallest absolute Gasteiger partial charge is 0.120 e. The fraction of sp³-hybridized carbons (Fsp3) is 0.455. The quantitative estimate of drug-likeness (QED) is 0.643. The minimum atomic E-state index is 0.279. The van der Waals surface area contributed by atoms with Crippen molar-refractivity contribution < 1.29 is 14.2 Å². The molecule has 0 radical (unpaired) electrons. The maximum absolute atomic E-state index is 5.96. The molecule has 1 fully saturated rings. The Bertz CT molecular complexity index is 700. The predicted molar refractivity (Wildman–Crippen MR) is 100 cm³/mol. The average Bonchev–Trinajstić information content (AvgIpc) is 3.41. The van der Waals surface area contributed by atoms with Crippen molar-refractivity contribution in [3.8, 4) is 11.5 Å². The number of benzene rings is 2. The van der Waals surface area contributed by atoms with E-state index in [9.17, 15) is 0 Å². The van der Waals surface area contributed by atoms with E-state index in [0.717, 1.165) is 24.5 Å². The van der Waals surface area contributed by atoms with Crippen LogP contribution in [0.5, 0.6) is 11.5 Å². The second kappa shape index (κ2) is 7.92. The van der Waals surface area contributed by atoms with Crippen LogP contribution in [0.3, 0.4) is 0 Å². The van der Waals surface area contributed by atoms with Crippen LogP contribution in [-0.2, 0) is 17.8 Å². The van der Waals surface area contributed by atoms with Gasteiger partial charge in [-0.15, -0.1) is 0 Å². The van der Waals surface area contributed by atoms with Gasteiger partial charge in [-0.25, -0.2) is 0 Å². The lowest BCUT2D eigenvalue weighted by Gasteiger charge is -2.15. The second-order valence-corrected chi connectivity index (χ2v) is 7.26. The van der Waals surface area contributed by atoms with Gasteiger partial charge in [0.25, 0.3) is 0 Å². The lowest BCUT2D eigenvalue weighted by molar-refractivity contribution is 0.262. The van der Waals surface area contributed by atoms with Crippen LogP contribution in [-0.4, -0.2) is 19.3 Å². The molecule has 0 N–H and O–H groups in total. The van der Waals surface area contributed by atoms with Gasteiger partial charge in [-0.05, 0) is 72.7 Å². The highest BCUT2D eigenvalue weighted by Gasteiger charge is 2.22. The molecule has 1 atom stereocenters. The van der Waals surface area contributed by atoms with Gasteiger partial charge >= 0.3 is 0 Å². The lowest BCUT2D eigenvalue weighted by atomic mass is 9.93. The number of rotatable bonds is 8. The van der Waals surface area contributed by atoms with Gasteiger partial charge in [0, 0.05) is 0 Å². The molecular formula is C22H28O3. The summed E-state index contributed by atoms with van der Waals surface area (Å²) in [4.78, 5) is 0. The van der Waals surface area contributed by atoms with E-state index in [0.29, 0.717) is 19.1 Å². The molecule has 1 aliphatic heterocycles. The topological polar surface area (TPSA) is 31.0 Å². The van der Waals surface area contributed by atoms with Gasteiger partial charge in [-0.2, -0.15) is 0 Å². The zero-order valence-corrected chi connectivity index (χ0v) is 15.7. The van der Waals surface area contributed by atoms with E-state index < -0.39 is 0 Å². The molecule has 2 aromatic carbocycles. The van der Waals surface area contributed by atoms with E-state index in [4.69, 9.17) is 14.2 Å². The number of ether oxygens (including phenoxy) is 3. The highest BCUT2D eigenvalue weighted by Crippen LogP contribution is 2.23. The first-order valence-electron chi connectivity index (χ1n) is 9.08. The molecule has 1 heterocycles. The van der Waals surface area contributed by atoms with Gasteiger partial charge < -0.3 is 14.2 Å². The molecule has 3 nitrogen and oxygen atoms in total. The van der Waals surface area contributed by atoms with E-state index in [2.05, 4.69) is 39.8 Å². The summed E-state index contributed by atoms with van der Waals surface area (Å²) < 4.78 is 16.8. The standard InChI is InChI=1S/C22H28O3/c1-15(2)11-18-5-6-19(17(4)16(18)3)12-23-20-7-9-21(10-8-20)24-13-22-14-25-22/h5-10,15,22H,11-14H2,1-4H3. The molecule has 0 aromatic heterocycles. The molecule has 2 aromatic rings. The Morgan fingerprint density at radius 1 is 0.920 bits per heavy atom. The Balaban J connectivity index is 1.58. The van der Waals surface area contributed by atoms with Crippen molar-refractivity contribution in [1.29, 1.82) is 0 Å². The van der Waals surface area contributed by atoms with Gasteiger partial charge in [0.15, 0.2) is 0 Å². The van der Waals surface area contributed by atoms with E-state index in [-0.39, 0.29) is 6.10 Å². The van der Waals surface area contributed by atoms with Crippen LogP contribution in [0.4, 0.5) is 0 Å². The Kier molecular flexibility index (Phi) is 5.64. The molecule has 25 heavy (non-hydrogen) atoms. The number of epoxide rings is 1. The summed E-state index contributed by atoms with van der Waals surface area (Å²) in [7, 11) is 0. The summed E-state index contributed by atoms with van der Waals surface area (Å²) in [5.41, 5.74) is 5.41. The van der Waals surface area contributed by atoms with Crippen molar-refractivity contribution in [3.05, 3.63) is 58.7 Å². The van der Waals surface area contributed by atoms with Crippen molar-refractivity contribution >= 4 is 0 Å². The summed E-state index contributed by atoms with van der Waals surface area (Å²) in [6.45, 7) is 11.0. The maximum atomic E-state index is 5.96. The molecule has 0 amide bonds. The van der Waals surface area contributed by atoms with E-state index in [1.807, 2.05) is 24.3 Å². The molecule has 1 aliphatic rings. The van der Waals surface area contributed by atoms with Crippen LogP contribution in [0.15, 0.2) is 36.4 Å². The van der Waals surface area contributed by atoms with Crippen LogP contribution in [0.1, 0.15) is 36.1 Å². The predicted octanol–water partition coefficient (Wildman–Crippen LogP) is 4.86. The van der Waals surface area contributed by atoms with Gasteiger partial charge in [0.05, 0.1) is 6.61 Å². The largest absolute Gasteiger partial charge is 0.491 e. The van der Waals surface area contributed by atoms with Crippen molar-refractivity contribution in [1.82, 2.24) is 0 Å². The summed E-state index contributed by atoms with van der Waals surface area (Å²) in [6, 6.07) is 12.3. The lowest BCUT2D eigenvalue weighted by Crippen LogP contribution is -2.04. The van der Waals surface area contributed by atoms with Crippen molar-refractivity contribution in [2.45, 2.75) is 46.8 Å². The Hall–Kier alpha value is -2.00. The number of hydrogen-bond donors (Lipinski definition) is 0. The molecule has 0 spiro atoms. The fourth-order valence-electron chi connectivity index (χ4n) is 2.90. The molecule has 0 aliphatic carbocycles. The van der Waals surface area contributed by atoms with E-state index in [1.54, 1.807) is 0 Å². The molecule has 0 saturated carbocycles. The van der Waals surface area contributed by atoms with Crippen molar-refractivity contribution in [3.63, 3.8) is 0 Å². The Morgan fingerprint density at radius 3 is 2.08 bits per heavy atom. The molecule has 0 bridgehead atoms. The molecule has 3 rings (SSSR count). The second-order valence-electron chi connectivity index (χ2n) is 7.26. The van der Waals surface area contributed by atoms with Gasteiger partial charge in [0.2, 0.25) is 0 Å². The molecule has 3 heteroatoms. The third-order valence-corrected chi connectivity index (χ3v) is 4.70. The highest BCUT2D eigenvalue weighted by atomic mass is 16.6. The summed E-state index contributed by atoms with van der Waals surface area (Å²) in [5, 5.41) is 0. The van der Waals surface area contributed by atoms with Crippen LogP contribution >= 0.6 is 0 Å². The third kappa shape index (κ3) is 4.99. The van der Waals surface area contributed by atoms with Gasteiger partial charge in [-0.3, -0.25) is 0 Å². The molecular weight excluding hydrogens is 312 g/mol. The fourth-order valence-corrected chi connectivity index (χ4v) is 2.90. The van der Waals surface area contributed by atoms with Crippen LogP contribution in [0.2, 0.25) is 0 Å². The highest BCUT2D eigenvalue weighted by molar-refractivity contribution is 5.40. The third-order valence-electron chi connectivity index (χ3n) is 4.70. The first-order chi connectivity index (χ1) is 12.0. The zero-order valence-electron chi connectivity index (χ0n) is 15.7. The van der Waals surface area contributed by atoms with Crippen LogP contribution < -0.4 is 9.47 Å². The van der Waals surface area contributed by atoms with Gasteiger partial charge in [-0.1, -0.05) is 26.0 Å². The zero-order chi connectivity index (χ0) is 17.8. The summed E-state index contributed by atoms with van der Waals surface area (Å²) in [5.74, 6) is 2.39. The minimum absolute atomic E-state index is 0.279. The first-order valence-corrected chi connectivity index (χ1v) is 9.08. The monoisotopic (exact) mass is 340 g/mol. The Labute approximate surface area is 150 Å². The van der Waals surface area contributed by atoms with Gasteiger partial charge in [0.1, 0.15) is 30.8 Å². The Morgan fingerprint density at radius 2 is 1.48 bits per heavy atom. The van der Waals surface area contributed by atoms with Crippen LogP contribution in [0, 0.1) is 19.8 Å². The van der Waals surface area contributed by atoms with E-state index >= 15 is 0 Å². The normalized spacial score (nSPS) is 16.1. The summed E-state index contributed by atoms with van der Waals surface area (Å²) >= 11 is 0. The maximum Gasteiger partial charge on any atom is 0.120 e. The van der Waals surface area contributed by atoms with Crippen LogP contribution in [0.25, 0.3) is 0 Å². The average molecular weight is 340 g/mol. The SMILES string of the molecule is Cc1c(COc2ccc(OCC3CO3)cc2)ccc(CC(C)C)c1C. The number of hydrogen-bond acceptors (Lipinski definition) is 3. The van der Waals surface area contributed by atoms with Crippen molar-refractivity contribution in [2.75, 3.05) is 13.2 Å². The molecule has 1 unspecified atom stereocenters. The van der Waals surface area contributed by atoms with E-state index in [1.165, 1.54) is 22.3 Å².